The van der Waals surface area contributed by atoms with Crippen molar-refractivity contribution < 1.29 is 24.2 Å². The molecule has 2 heterocycles. The Morgan fingerprint density at radius 2 is 2.06 bits per heavy atom. The maximum Gasteiger partial charge on any atom is 0.408 e. The lowest BCUT2D eigenvalue weighted by Crippen LogP contribution is -2.55. The third kappa shape index (κ3) is 4.30. The molecule has 2 amide bonds. The van der Waals surface area contributed by atoms with Gasteiger partial charge in [0.2, 0.25) is 5.91 Å². The summed E-state index contributed by atoms with van der Waals surface area (Å²) >= 11 is 0. The molecule has 1 aliphatic rings. The van der Waals surface area contributed by atoms with Crippen LogP contribution < -0.4 is 15.8 Å². The van der Waals surface area contributed by atoms with Gasteiger partial charge in [0.25, 0.3) is 0 Å². The van der Waals surface area contributed by atoms with Crippen molar-refractivity contribution in [2.24, 2.45) is 0 Å². The second kappa shape index (κ2) is 9.15. The van der Waals surface area contributed by atoms with E-state index in [1.54, 1.807) is 7.11 Å². The monoisotopic (exact) mass is 439 g/mol. The van der Waals surface area contributed by atoms with Gasteiger partial charge in [0.1, 0.15) is 11.8 Å². The minimum atomic E-state index is -1.13. The van der Waals surface area contributed by atoms with E-state index in [2.05, 4.69) is 10.4 Å². The zero-order chi connectivity index (χ0) is 22.7. The zero-order valence-electron chi connectivity index (χ0n) is 17.7. The van der Waals surface area contributed by atoms with E-state index in [9.17, 15) is 14.7 Å². The number of carboxylic acid groups (broad SMARTS) is 1. The summed E-state index contributed by atoms with van der Waals surface area (Å²) in [5.41, 5.74) is 8.84. The zero-order valence-corrected chi connectivity index (χ0v) is 17.7. The van der Waals surface area contributed by atoms with Crippen molar-refractivity contribution in [3.8, 4) is 5.75 Å². The molecule has 0 spiro atoms. The van der Waals surface area contributed by atoms with Crippen LogP contribution in [-0.2, 0) is 22.6 Å². The minimum absolute atomic E-state index is 0.0510. The summed E-state index contributed by atoms with van der Waals surface area (Å²) < 4.78 is 12.5. The third-order valence-corrected chi connectivity index (χ3v) is 5.45. The summed E-state index contributed by atoms with van der Waals surface area (Å²) in [6.07, 6.45) is -1.13. The molecule has 3 aromatic rings. The SMILES string of the molecule is COc1cccc2c1c(N)nn2Cc1cccc(CNC(=O)[C@H]2COCCN2C(=O)O)c1. The van der Waals surface area contributed by atoms with E-state index in [4.69, 9.17) is 15.2 Å². The predicted molar refractivity (Wildman–Crippen MR) is 117 cm³/mol. The van der Waals surface area contributed by atoms with Crippen LogP contribution in [0.5, 0.6) is 5.75 Å². The van der Waals surface area contributed by atoms with E-state index in [0.29, 0.717) is 18.1 Å². The van der Waals surface area contributed by atoms with E-state index in [-0.39, 0.29) is 32.2 Å². The molecule has 0 bridgehead atoms. The van der Waals surface area contributed by atoms with Gasteiger partial charge in [-0.25, -0.2) is 4.79 Å². The van der Waals surface area contributed by atoms with E-state index >= 15 is 0 Å². The van der Waals surface area contributed by atoms with Crippen LogP contribution in [0.1, 0.15) is 11.1 Å². The highest BCUT2D eigenvalue weighted by molar-refractivity contribution is 5.94. The Hall–Kier alpha value is -3.79. The van der Waals surface area contributed by atoms with E-state index in [0.717, 1.165) is 26.9 Å². The molecular formula is C22H25N5O5. The van der Waals surface area contributed by atoms with Gasteiger partial charge in [-0.2, -0.15) is 5.10 Å². The fraction of sp³-hybridized carbons (Fsp3) is 0.318. The van der Waals surface area contributed by atoms with Crippen molar-refractivity contribution in [2.75, 3.05) is 32.6 Å². The minimum Gasteiger partial charge on any atom is -0.496 e. The first-order valence-electron chi connectivity index (χ1n) is 10.2. The summed E-state index contributed by atoms with van der Waals surface area (Å²) in [6.45, 7) is 1.28. The molecule has 1 atom stereocenters. The quantitative estimate of drug-likeness (QED) is 0.532. The van der Waals surface area contributed by atoms with Crippen molar-refractivity contribution in [1.82, 2.24) is 20.0 Å². The smallest absolute Gasteiger partial charge is 0.408 e. The number of hydrogen-bond acceptors (Lipinski definition) is 6. The summed E-state index contributed by atoms with van der Waals surface area (Å²) in [5, 5.41) is 17.3. The lowest BCUT2D eigenvalue weighted by molar-refractivity contribution is -0.131. The molecule has 2 aromatic carbocycles. The predicted octanol–water partition coefficient (Wildman–Crippen LogP) is 1.67. The third-order valence-electron chi connectivity index (χ3n) is 5.45. The Bertz CT molecular complexity index is 1140. The number of nitrogens with one attached hydrogen (secondary N) is 1. The number of anilines is 1. The first-order chi connectivity index (χ1) is 15.5. The molecule has 4 N–H and O–H groups in total. The molecule has 0 aliphatic carbocycles. The van der Waals surface area contributed by atoms with Gasteiger partial charge >= 0.3 is 6.09 Å². The van der Waals surface area contributed by atoms with Crippen LogP contribution in [-0.4, -0.2) is 64.7 Å². The fourth-order valence-corrected chi connectivity index (χ4v) is 3.88. The van der Waals surface area contributed by atoms with Crippen LogP contribution in [0.2, 0.25) is 0 Å². The highest BCUT2D eigenvalue weighted by atomic mass is 16.5. The number of rotatable bonds is 6. The van der Waals surface area contributed by atoms with Crippen LogP contribution >= 0.6 is 0 Å². The highest BCUT2D eigenvalue weighted by Gasteiger charge is 2.32. The van der Waals surface area contributed by atoms with Crippen LogP contribution in [0, 0.1) is 0 Å². The van der Waals surface area contributed by atoms with Crippen LogP contribution in [0.3, 0.4) is 0 Å². The van der Waals surface area contributed by atoms with Crippen LogP contribution in [0.15, 0.2) is 42.5 Å². The van der Waals surface area contributed by atoms with E-state index < -0.39 is 12.1 Å². The number of carbonyl (C=O) groups excluding carboxylic acids is 1. The molecule has 1 fully saturated rings. The van der Waals surface area contributed by atoms with Gasteiger partial charge < -0.3 is 25.6 Å². The van der Waals surface area contributed by atoms with Crippen molar-refractivity contribution in [3.05, 3.63) is 53.6 Å². The summed E-state index contributed by atoms with van der Waals surface area (Å²) in [4.78, 5) is 25.0. The summed E-state index contributed by atoms with van der Waals surface area (Å²) in [7, 11) is 1.60. The van der Waals surface area contributed by atoms with Gasteiger partial charge in [0, 0.05) is 13.1 Å². The number of aromatic nitrogens is 2. The largest absolute Gasteiger partial charge is 0.496 e. The number of methoxy groups -OCH3 is 1. The van der Waals surface area contributed by atoms with Gasteiger partial charge in [0.05, 0.1) is 37.8 Å². The molecule has 0 unspecified atom stereocenters. The lowest BCUT2D eigenvalue weighted by Gasteiger charge is -2.32. The van der Waals surface area contributed by atoms with Crippen molar-refractivity contribution in [1.29, 1.82) is 0 Å². The number of morpholine rings is 1. The van der Waals surface area contributed by atoms with E-state index in [1.807, 2.05) is 47.1 Å². The Morgan fingerprint density at radius 3 is 2.84 bits per heavy atom. The van der Waals surface area contributed by atoms with Gasteiger partial charge in [-0.15, -0.1) is 0 Å². The highest BCUT2D eigenvalue weighted by Crippen LogP contribution is 2.30. The molecule has 4 rings (SSSR count). The lowest BCUT2D eigenvalue weighted by atomic mass is 10.1. The number of nitrogens with zero attached hydrogens (tertiary/aromatic N) is 3. The number of hydrogen-bond donors (Lipinski definition) is 3. The molecule has 0 saturated carbocycles. The molecule has 0 radical (unpaired) electrons. The number of nitrogens with two attached hydrogens (primary N) is 1. The van der Waals surface area contributed by atoms with Gasteiger partial charge in [-0.1, -0.05) is 30.3 Å². The molecule has 10 heteroatoms. The number of ether oxygens (including phenoxy) is 2. The number of carbonyl (C=O) groups is 2. The van der Waals surface area contributed by atoms with Crippen LogP contribution in [0.4, 0.5) is 10.6 Å². The van der Waals surface area contributed by atoms with Gasteiger partial charge in [-0.3, -0.25) is 14.4 Å². The molecule has 1 saturated heterocycles. The second-order valence-corrected chi connectivity index (χ2v) is 7.50. The first kappa shape index (κ1) is 21.4. The summed E-state index contributed by atoms with van der Waals surface area (Å²) in [5.74, 6) is 0.693. The van der Waals surface area contributed by atoms with Crippen molar-refractivity contribution >= 4 is 28.7 Å². The molecule has 32 heavy (non-hydrogen) atoms. The second-order valence-electron chi connectivity index (χ2n) is 7.50. The number of amides is 2. The first-order valence-corrected chi connectivity index (χ1v) is 10.2. The average Bonchev–Trinajstić information content (AvgIpc) is 3.13. The molecule has 1 aliphatic heterocycles. The Balaban J connectivity index is 1.46. The van der Waals surface area contributed by atoms with Gasteiger partial charge in [0.15, 0.2) is 5.82 Å². The van der Waals surface area contributed by atoms with E-state index in [1.165, 1.54) is 0 Å². The topological polar surface area (TPSA) is 132 Å². The average molecular weight is 439 g/mol. The molecular weight excluding hydrogens is 414 g/mol. The molecule has 1 aromatic heterocycles. The Labute approximate surface area is 184 Å². The number of fused-ring (bicyclic) bond motifs is 1. The summed E-state index contributed by atoms with van der Waals surface area (Å²) in [6, 6.07) is 12.6. The van der Waals surface area contributed by atoms with Crippen molar-refractivity contribution in [3.63, 3.8) is 0 Å². The number of benzene rings is 2. The maximum atomic E-state index is 12.5. The Kier molecular flexibility index (Phi) is 6.13. The van der Waals surface area contributed by atoms with Crippen LogP contribution in [0.25, 0.3) is 10.9 Å². The standard InChI is InChI=1S/C22H25N5O5/c1-31-18-7-3-6-16-19(18)20(23)25-27(16)12-15-5-2-4-14(10-15)11-24-21(28)17-13-32-9-8-26(17)22(29)30/h2-7,10,17H,8-9,11-13H2,1H3,(H2,23,25)(H,24,28)(H,29,30)/t17-/m1/s1. The Morgan fingerprint density at radius 1 is 1.28 bits per heavy atom. The fourth-order valence-electron chi connectivity index (χ4n) is 3.88. The maximum absolute atomic E-state index is 12.5. The van der Waals surface area contributed by atoms with Crippen molar-refractivity contribution in [2.45, 2.75) is 19.1 Å². The molecule has 168 valence electrons. The number of nitrogen functional groups attached to an aromatic ring is 1. The normalized spacial score (nSPS) is 16.2. The van der Waals surface area contributed by atoms with Gasteiger partial charge in [-0.05, 0) is 23.3 Å². The molecule has 10 nitrogen and oxygen atoms in total.